The third-order valence-electron chi connectivity index (χ3n) is 4.85. The van der Waals surface area contributed by atoms with Crippen molar-refractivity contribution in [2.45, 2.75) is 24.2 Å². The molecule has 4 heterocycles. The third-order valence-corrected chi connectivity index (χ3v) is 7.67. The number of aromatic nitrogens is 4. The second-order valence-corrected chi connectivity index (χ2v) is 9.91. The first kappa shape index (κ1) is 19.3. The van der Waals surface area contributed by atoms with Gasteiger partial charge in [0.05, 0.1) is 0 Å². The van der Waals surface area contributed by atoms with Gasteiger partial charge < -0.3 is 9.88 Å². The summed E-state index contributed by atoms with van der Waals surface area (Å²) in [7, 11) is -3.59. The van der Waals surface area contributed by atoms with Gasteiger partial charge in [-0.2, -0.15) is 21.1 Å². The van der Waals surface area contributed by atoms with Gasteiger partial charge in [0.2, 0.25) is 21.9 Å². The summed E-state index contributed by atoms with van der Waals surface area (Å²) in [4.78, 5) is 21.7. The average Bonchev–Trinajstić information content (AvgIpc) is 3.40. The lowest BCUT2D eigenvalue weighted by Gasteiger charge is -2.24. The van der Waals surface area contributed by atoms with E-state index in [9.17, 15) is 13.2 Å². The molecular weight excluding hydrogens is 402 g/mol. The zero-order chi connectivity index (χ0) is 19.6. The van der Waals surface area contributed by atoms with Crippen LogP contribution in [-0.2, 0) is 10.0 Å². The zero-order valence-corrected chi connectivity index (χ0v) is 17.0. The van der Waals surface area contributed by atoms with Crippen molar-refractivity contribution in [1.82, 2.24) is 24.5 Å². The normalized spacial score (nSPS) is 18.9. The Labute approximate surface area is 167 Å². The van der Waals surface area contributed by atoms with E-state index in [1.807, 2.05) is 0 Å². The molecule has 0 aromatic carbocycles. The van der Waals surface area contributed by atoms with E-state index in [1.54, 1.807) is 11.8 Å². The number of carbonyl (C=O) groups is 1. The number of hydrogen-bond donors (Lipinski definition) is 3. The molecule has 12 heteroatoms. The van der Waals surface area contributed by atoms with Gasteiger partial charge in [-0.15, -0.1) is 5.10 Å². The maximum atomic E-state index is 12.7. The summed E-state index contributed by atoms with van der Waals surface area (Å²) >= 11 is 1.74. The average molecular weight is 426 g/mol. The van der Waals surface area contributed by atoms with E-state index in [-0.39, 0.29) is 16.5 Å². The van der Waals surface area contributed by atoms with Crippen LogP contribution < -0.4 is 10.2 Å². The van der Waals surface area contributed by atoms with Crippen LogP contribution in [0, 0.1) is 0 Å². The van der Waals surface area contributed by atoms with Crippen molar-refractivity contribution in [3.8, 4) is 0 Å². The monoisotopic (exact) mass is 425 g/mol. The first-order valence-electron chi connectivity index (χ1n) is 9.29. The number of H-pyrrole nitrogens is 2. The fourth-order valence-corrected chi connectivity index (χ4v) is 5.88. The minimum absolute atomic E-state index is 0.0936. The first-order chi connectivity index (χ1) is 13.5. The van der Waals surface area contributed by atoms with Crippen molar-refractivity contribution < 1.29 is 13.2 Å². The number of amides is 1. The highest BCUT2D eigenvalue weighted by Crippen LogP contribution is 2.21. The van der Waals surface area contributed by atoms with Crippen LogP contribution in [0.15, 0.2) is 17.2 Å². The quantitative estimate of drug-likeness (QED) is 0.655. The van der Waals surface area contributed by atoms with Crippen molar-refractivity contribution in [2.24, 2.45) is 0 Å². The van der Waals surface area contributed by atoms with E-state index < -0.39 is 15.9 Å². The molecule has 2 fully saturated rings. The summed E-state index contributed by atoms with van der Waals surface area (Å²) in [6.45, 7) is 2.77. The van der Waals surface area contributed by atoms with Crippen LogP contribution >= 0.6 is 11.8 Å². The Morgan fingerprint density at radius 2 is 1.89 bits per heavy atom. The zero-order valence-electron chi connectivity index (χ0n) is 15.3. The maximum Gasteiger partial charge on any atom is 0.274 e. The second kappa shape index (κ2) is 8.13. The molecule has 0 bridgehead atoms. The van der Waals surface area contributed by atoms with Gasteiger partial charge in [0, 0.05) is 43.9 Å². The standard InChI is InChI=1S/C16H23N7O3S2/c24-14(18-15-19-16(21-20-15)22-4-2-1-3-5-22)13-10-12(11-17-13)28(25,26)23-6-8-27-9-7-23/h10-11,17H,1-9H2,(H2,18,19,20,21,24). The predicted octanol–water partition coefficient (Wildman–Crippen LogP) is 1.11. The third kappa shape index (κ3) is 4.03. The molecule has 0 saturated carbocycles. The molecule has 2 aromatic heterocycles. The number of rotatable bonds is 5. The number of hydrogen-bond acceptors (Lipinski definition) is 7. The molecule has 0 atom stereocenters. The summed E-state index contributed by atoms with van der Waals surface area (Å²) in [6.07, 6.45) is 4.77. The van der Waals surface area contributed by atoms with Crippen LogP contribution in [0.4, 0.5) is 11.9 Å². The molecule has 0 aliphatic carbocycles. The Hall–Kier alpha value is -2.05. The lowest BCUT2D eigenvalue weighted by molar-refractivity contribution is 0.102. The number of piperidine rings is 1. The van der Waals surface area contributed by atoms with Crippen LogP contribution in [0.1, 0.15) is 29.8 Å². The van der Waals surface area contributed by atoms with Crippen LogP contribution in [0.25, 0.3) is 0 Å². The van der Waals surface area contributed by atoms with Gasteiger partial charge >= 0.3 is 0 Å². The molecule has 1 amide bonds. The lowest BCUT2D eigenvalue weighted by Crippen LogP contribution is -2.37. The molecule has 0 unspecified atom stereocenters. The van der Waals surface area contributed by atoms with E-state index in [1.165, 1.54) is 23.0 Å². The van der Waals surface area contributed by atoms with Crippen molar-refractivity contribution in [2.75, 3.05) is 47.9 Å². The number of aromatic amines is 2. The summed E-state index contributed by atoms with van der Waals surface area (Å²) in [6, 6.07) is 1.36. The highest BCUT2D eigenvalue weighted by atomic mass is 32.2. The largest absolute Gasteiger partial charge is 0.356 e. The van der Waals surface area contributed by atoms with Gasteiger partial charge in [-0.05, 0) is 25.3 Å². The molecule has 4 rings (SSSR count). The molecule has 2 aliphatic rings. The Balaban J connectivity index is 1.42. The van der Waals surface area contributed by atoms with Gasteiger partial charge in [-0.1, -0.05) is 0 Å². The lowest BCUT2D eigenvalue weighted by atomic mass is 10.1. The summed E-state index contributed by atoms with van der Waals surface area (Å²) in [5.74, 6) is 1.88. The Morgan fingerprint density at radius 3 is 2.64 bits per heavy atom. The first-order valence-corrected chi connectivity index (χ1v) is 11.9. The van der Waals surface area contributed by atoms with Crippen LogP contribution in [0.3, 0.4) is 0 Å². The number of nitrogens with one attached hydrogen (secondary N) is 3. The highest BCUT2D eigenvalue weighted by molar-refractivity contribution is 7.99. The number of carbonyl (C=O) groups excluding carboxylic acids is 1. The Morgan fingerprint density at radius 1 is 1.14 bits per heavy atom. The van der Waals surface area contributed by atoms with Crippen LogP contribution in [0.2, 0.25) is 0 Å². The van der Waals surface area contributed by atoms with E-state index in [2.05, 4.69) is 30.4 Å². The van der Waals surface area contributed by atoms with Crippen molar-refractivity contribution in [3.63, 3.8) is 0 Å². The molecule has 152 valence electrons. The Kier molecular flexibility index (Phi) is 5.60. The minimum Gasteiger partial charge on any atom is -0.356 e. The van der Waals surface area contributed by atoms with Crippen LogP contribution in [-0.4, -0.2) is 76.5 Å². The maximum absolute atomic E-state index is 12.7. The minimum atomic E-state index is -3.59. The smallest absolute Gasteiger partial charge is 0.274 e. The number of anilines is 2. The SMILES string of the molecule is O=C(Nc1nc(N2CCCCC2)n[nH]1)c1cc(S(=O)(=O)N2CCSCC2)c[nH]1. The van der Waals surface area contributed by atoms with Gasteiger partial charge in [0.1, 0.15) is 10.6 Å². The highest BCUT2D eigenvalue weighted by Gasteiger charge is 2.28. The second-order valence-electron chi connectivity index (χ2n) is 6.75. The van der Waals surface area contributed by atoms with Crippen molar-refractivity contribution in [1.29, 1.82) is 0 Å². The predicted molar refractivity (Wildman–Crippen MR) is 107 cm³/mol. The molecule has 0 spiro atoms. The molecular formula is C16H23N7O3S2. The van der Waals surface area contributed by atoms with Gasteiger partial charge in [0.15, 0.2) is 0 Å². The molecule has 3 N–H and O–H groups in total. The van der Waals surface area contributed by atoms with E-state index in [4.69, 9.17) is 0 Å². The molecule has 10 nitrogen and oxygen atoms in total. The van der Waals surface area contributed by atoms with Gasteiger partial charge in [0.25, 0.3) is 5.91 Å². The summed E-state index contributed by atoms with van der Waals surface area (Å²) in [5.41, 5.74) is 0.154. The van der Waals surface area contributed by atoms with Gasteiger partial charge in [-0.25, -0.2) is 13.5 Å². The fourth-order valence-electron chi connectivity index (χ4n) is 3.31. The molecule has 2 aliphatic heterocycles. The Bertz CT molecular complexity index is 928. The topological polar surface area (TPSA) is 127 Å². The summed E-state index contributed by atoms with van der Waals surface area (Å²) < 4.78 is 26.8. The molecule has 0 radical (unpaired) electrons. The van der Waals surface area contributed by atoms with Crippen molar-refractivity contribution >= 4 is 39.6 Å². The number of thioether (sulfide) groups is 1. The molecule has 2 saturated heterocycles. The fraction of sp³-hybridized carbons (Fsp3) is 0.562. The number of sulfonamides is 1. The summed E-state index contributed by atoms with van der Waals surface area (Å²) in [5, 5.41) is 9.49. The van der Waals surface area contributed by atoms with E-state index >= 15 is 0 Å². The van der Waals surface area contributed by atoms with E-state index in [0.717, 1.165) is 37.4 Å². The van der Waals surface area contributed by atoms with Crippen LogP contribution in [0.5, 0.6) is 0 Å². The molecule has 28 heavy (non-hydrogen) atoms. The van der Waals surface area contributed by atoms with Gasteiger partial charge in [-0.3, -0.25) is 10.1 Å². The van der Waals surface area contributed by atoms with E-state index in [0.29, 0.717) is 19.0 Å². The van der Waals surface area contributed by atoms with Crippen molar-refractivity contribution in [3.05, 3.63) is 18.0 Å². The molecule has 2 aromatic rings. The number of nitrogens with zero attached hydrogens (tertiary/aromatic N) is 4.